The van der Waals surface area contributed by atoms with E-state index in [2.05, 4.69) is 41.1 Å². The van der Waals surface area contributed by atoms with Crippen LogP contribution in [0.15, 0.2) is 30.4 Å². The number of ether oxygens (including phenoxy) is 2. The average Bonchev–Trinajstić information content (AvgIpc) is 2.92. The fourth-order valence-corrected chi connectivity index (χ4v) is 1.99. The van der Waals surface area contributed by atoms with Gasteiger partial charge in [0.25, 0.3) is 0 Å². The monoisotopic (exact) mass is 335 g/mol. The van der Waals surface area contributed by atoms with E-state index in [0.717, 1.165) is 23.1 Å². The Kier molecular flexibility index (Phi) is 7.88. The number of aryl methyl sites for hydroxylation is 1. The number of rotatable bonds is 10. The van der Waals surface area contributed by atoms with E-state index in [4.69, 9.17) is 9.47 Å². The van der Waals surface area contributed by atoms with Crippen LogP contribution < -0.4 is 10.6 Å². The molecule has 2 N–H and O–H groups in total. The minimum Gasteiger partial charge on any atom is -0.497 e. The molecular formula is C17H29N5O2. The molecule has 0 amide bonds. The summed E-state index contributed by atoms with van der Waals surface area (Å²) in [5, 5.41) is 10.8. The first kappa shape index (κ1) is 19.6. The summed E-state index contributed by atoms with van der Waals surface area (Å²) in [6.07, 6.45) is 3.64. The maximum Gasteiger partial charge on any atom is 0.176 e. The summed E-state index contributed by atoms with van der Waals surface area (Å²) in [4.78, 5) is 4.49. The number of hydrogen-bond acceptors (Lipinski definition) is 6. The standard InChI is InChI=1S/C17H29N5O2/c1-12(2)22-17(20-15(5)21-22)16(18-6)11-19-8-9-24-14(4)10-13(3)23-7/h10-12,18-19H,3,8-9H2,1-2,4-7H3/b14-10+,16-11-. The van der Waals surface area contributed by atoms with Gasteiger partial charge in [-0.1, -0.05) is 6.58 Å². The molecule has 0 spiro atoms. The quantitative estimate of drug-likeness (QED) is 0.388. The molecule has 0 radical (unpaired) electrons. The predicted molar refractivity (Wildman–Crippen MR) is 96.0 cm³/mol. The first-order valence-corrected chi connectivity index (χ1v) is 7.97. The van der Waals surface area contributed by atoms with Crippen molar-refractivity contribution in [3.8, 4) is 0 Å². The summed E-state index contributed by atoms with van der Waals surface area (Å²) >= 11 is 0. The molecular weight excluding hydrogens is 306 g/mol. The van der Waals surface area contributed by atoms with E-state index < -0.39 is 0 Å². The Morgan fingerprint density at radius 1 is 1.42 bits per heavy atom. The SMILES string of the molecule is C=C(/C=C(\C)OCCN/C=C(\NC)c1nc(C)nn1C(C)C)OC. The first-order valence-electron chi connectivity index (χ1n) is 7.97. The van der Waals surface area contributed by atoms with E-state index in [1.165, 1.54) is 0 Å². The van der Waals surface area contributed by atoms with Gasteiger partial charge in [0.05, 0.1) is 18.6 Å². The molecule has 0 saturated heterocycles. The Morgan fingerprint density at radius 3 is 2.71 bits per heavy atom. The third-order valence-corrected chi connectivity index (χ3v) is 3.19. The van der Waals surface area contributed by atoms with Gasteiger partial charge in [0.1, 0.15) is 18.2 Å². The van der Waals surface area contributed by atoms with Crippen molar-refractivity contribution in [2.75, 3.05) is 27.3 Å². The Labute approximate surface area is 144 Å². The summed E-state index contributed by atoms with van der Waals surface area (Å²) in [5.74, 6) is 2.89. The van der Waals surface area contributed by atoms with Gasteiger partial charge in [-0.25, -0.2) is 9.67 Å². The van der Waals surface area contributed by atoms with Crippen LogP contribution in [0.2, 0.25) is 0 Å². The van der Waals surface area contributed by atoms with Crippen LogP contribution in [0.5, 0.6) is 0 Å². The zero-order chi connectivity index (χ0) is 18.1. The molecule has 24 heavy (non-hydrogen) atoms. The lowest BCUT2D eigenvalue weighted by atomic mass is 10.3. The van der Waals surface area contributed by atoms with Crippen LogP contribution in [0.4, 0.5) is 0 Å². The zero-order valence-corrected chi connectivity index (χ0v) is 15.5. The average molecular weight is 335 g/mol. The number of aromatic nitrogens is 3. The van der Waals surface area contributed by atoms with Crippen molar-refractivity contribution < 1.29 is 9.47 Å². The van der Waals surface area contributed by atoms with Crippen LogP contribution >= 0.6 is 0 Å². The van der Waals surface area contributed by atoms with E-state index in [1.54, 1.807) is 13.2 Å². The van der Waals surface area contributed by atoms with Crippen LogP contribution in [-0.2, 0) is 9.47 Å². The second-order valence-electron chi connectivity index (χ2n) is 5.56. The molecule has 0 unspecified atom stereocenters. The van der Waals surface area contributed by atoms with Crippen molar-refractivity contribution in [1.29, 1.82) is 0 Å². The molecule has 0 aliphatic heterocycles. The molecule has 1 aromatic heterocycles. The number of hydrogen-bond donors (Lipinski definition) is 2. The second kappa shape index (κ2) is 9.64. The highest BCUT2D eigenvalue weighted by Gasteiger charge is 2.13. The van der Waals surface area contributed by atoms with Crippen molar-refractivity contribution >= 4 is 5.70 Å². The summed E-state index contributed by atoms with van der Waals surface area (Å²) < 4.78 is 12.5. The Morgan fingerprint density at radius 2 is 2.12 bits per heavy atom. The summed E-state index contributed by atoms with van der Waals surface area (Å²) in [6, 6.07) is 0.239. The minimum absolute atomic E-state index is 0.239. The van der Waals surface area contributed by atoms with E-state index in [9.17, 15) is 0 Å². The lowest BCUT2D eigenvalue weighted by Gasteiger charge is -2.12. The third kappa shape index (κ3) is 5.98. The molecule has 134 valence electrons. The highest BCUT2D eigenvalue weighted by molar-refractivity contribution is 5.57. The molecule has 1 aromatic rings. The van der Waals surface area contributed by atoms with Gasteiger partial charge in [0, 0.05) is 31.9 Å². The maximum absolute atomic E-state index is 5.58. The molecule has 0 aromatic carbocycles. The van der Waals surface area contributed by atoms with Crippen LogP contribution in [0, 0.1) is 6.92 Å². The third-order valence-electron chi connectivity index (χ3n) is 3.19. The smallest absolute Gasteiger partial charge is 0.176 e. The zero-order valence-electron chi connectivity index (χ0n) is 15.5. The van der Waals surface area contributed by atoms with Gasteiger partial charge in [-0.2, -0.15) is 5.10 Å². The van der Waals surface area contributed by atoms with Crippen LogP contribution in [0.25, 0.3) is 5.70 Å². The maximum atomic E-state index is 5.58. The highest BCUT2D eigenvalue weighted by Crippen LogP contribution is 2.13. The van der Waals surface area contributed by atoms with Crippen LogP contribution in [0.3, 0.4) is 0 Å². The van der Waals surface area contributed by atoms with Crippen LogP contribution in [-0.4, -0.2) is 42.1 Å². The lowest BCUT2D eigenvalue weighted by molar-refractivity contribution is 0.214. The van der Waals surface area contributed by atoms with Crippen molar-refractivity contribution in [2.24, 2.45) is 0 Å². The number of methoxy groups -OCH3 is 1. The molecule has 7 nitrogen and oxygen atoms in total. The summed E-state index contributed by atoms with van der Waals surface area (Å²) in [6.45, 7) is 12.8. The van der Waals surface area contributed by atoms with Gasteiger partial charge in [0.2, 0.25) is 0 Å². The summed E-state index contributed by atoms with van der Waals surface area (Å²) in [5.41, 5.74) is 0.879. The van der Waals surface area contributed by atoms with Gasteiger partial charge in [-0.3, -0.25) is 0 Å². The van der Waals surface area contributed by atoms with Crippen LogP contribution in [0.1, 0.15) is 38.5 Å². The number of nitrogens with one attached hydrogen (secondary N) is 2. The van der Waals surface area contributed by atoms with Gasteiger partial charge >= 0.3 is 0 Å². The molecule has 0 fully saturated rings. The van der Waals surface area contributed by atoms with Gasteiger partial charge < -0.3 is 20.1 Å². The Bertz CT molecular complexity index is 602. The van der Waals surface area contributed by atoms with Gasteiger partial charge in [0.15, 0.2) is 5.82 Å². The number of allylic oxidation sites excluding steroid dienone is 2. The topological polar surface area (TPSA) is 73.2 Å². The molecule has 0 aliphatic carbocycles. The molecule has 0 bridgehead atoms. The van der Waals surface area contributed by atoms with Crippen molar-refractivity contribution in [1.82, 2.24) is 25.4 Å². The Balaban J connectivity index is 2.59. The van der Waals surface area contributed by atoms with E-state index in [1.807, 2.05) is 31.8 Å². The van der Waals surface area contributed by atoms with Gasteiger partial charge in [-0.05, 0) is 27.7 Å². The second-order valence-corrected chi connectivity index (χ2v) is 5.56. The van der Waals surface area contributed by atoms with E-state index in [-0.39, 0.29) is 6.04 Å². The summed E-state index contributed by atoms with van der Waals surface area (Å²) in [7, 11) is 3.44. The van der Waals surface area contributed by atoms with Crippen molar-refractivity contribution in [3.05, 3.63) is 42.0 Å². The molecule has 0 atom stereocenters. The lowest BCUT2D eigenvalue weighted by Crippen LogP contribution is -2.19. The molecule has 0 aliphatic rings. The minimum atomic E-state index is 0.239. The molecule has 1 rings (SSSR count). The number of nitrogens with zero attached hydrogens (tertiary/aromatic N) is 3. The van der Waals surface area contributed by atoms with E-state index in [0.29, 0.717) is 18.9 Å². The Hall–Kier alpha value is -2.44. The van der Waals surface area contributed by atoms with Crippen molar-refractivity contribution in [2.45, 2.75) is 33.7 Å². The van der Waals surface area contributed by atoms with Gasteiger partial charge in [-0.15, -0.1) is 0 Å². The normalized spacial score (nSPS) is 12.3. The van der Waals surface area contributed by atoms with E-state index >= 15 is 0 Å². The fraction of sp³-hybridized carbons (Fsp3) is 0.529. The fourth-order valence-electron chi connectivity index (χ4n) is 1.99. The molecule has 1 heterocycles. The molecule has 0 saturated carbocycles. The first-order chi connectivity index (χ1) is 11.4. The predicted octanol–water partition coefficient (Wildman–Crippen LogP) is 2.36. The molecule has 7 heteroatoms. The van der Waals surface area contributed by atoms with Crippen molar-refractivity contribution in [3.63, 3.8) is 0 Å². The largest absolute Gasteiger partial charge is 0.497 e. The highest BCUT2D eigenvalue weighted by atomic mass is 16.5.